The van der Waals surface area contributed by atoms with E-state index in [0.717, 1.165) is 36.2 Å². The van der Waals surface area contributed by atoms with Crippen LogP contribution in [0.15, 0.2) is 42.5 Å². The van der Waals surface area contributed by atoms with Gasteiger partial charge in [-0.15, -0.1) is 0 Å². The third-order valence-electron chi connectivity index (χ3n) is 3.21. The summed E-state index contributed by atoms with van der Waals surface area (Å²) in [6.45, 7) is 1.84. The van der Waals surface area contributed by atoms with Gasteiger partial charge in [0.15, 0.2) is 0 Å². The number of hydrogen-bond acceptors (Lipinski definition) is 3. The van der Waals surface area contributed by atoms with E-state index in [-0.39, 0.29) is 0 Å². The minimum absolute atomic E-state index is 0.699. The van der Waals surface area contributed by atoms with Gasteiger partial charge >= 0.3 is 0 Å². The molecule has 0 amide bonds. The van der Waals surface area contributed by atoms with E-state index in [1.807, 2.05) is 30.3 Å². The Kier molecular flexibility index (Phi) is 2.70. The Hall–Kier alpha value is -2.34. The molecule has 18 heavy (non-hydrogen) atoms. The van der Waals surface area contributed by atoms with E-state index in [1.165, 1.54) is 0 Å². The Morgan fingerprint density at radius 1 is 1.22 bits per heavy atom. The molecule has 3 rings (SSSR count). The lowest BCUT2D eigenvalue weighted by atomic mass is 10.1. The first-order chi connectivity index (χ1) is 8.88. The topological polar surface area (TPSA) is 39.9 Å². The smallest absolute Gasteiger partial charge is 0.130 e. The molecule has 3 nitrogen and oxygen atoms in total. The van der Waals surface area contributed by atoms with E-state index in [1.54, 1.807) is 0 Å². The molecule has 1 aliphatic heterocycles. The van der Waals surface area contributed by atoms with Gasteiger partial charge in [0.25, 0.3) is 0 Å². The molecule has 1 aromatic heterocycles. The van der Waals surface area contributed by atoms with Crippen LogP contribution in [0.1, 0.15) is 12.0 Å². The molecule has 3 heteroatoms. The molecule has 2 heterocycles. The number of rotatable bonds is 1. The zero-order chi connectivity index (χ0) is 12.4. The minimum Gasteiger partial charge on any atom is -0.353 e. The summed E-state index contributed by atoms with van der Waals surface area (Å²) >= 11 is 0. The molecule has 0 fully saturated rings. The quantitative estimate of drug-likeness (QED) is 0.713. The van der Waals surface area contributed by atoms with E-state index in [2.05, 4.69) is 28.1 Å². The average Bonchev–Trinajstić information content (AvgIpc) is 2.47. The molecule has 0 unspecified atom stereocenters. The molecule has 0 aliphatic carbocycles. The lowest BCUT2D eigenvalue weighted by molar-refractivity contribution is 0.808. The van der Waals surface area contributed by atoms with Crippen LogP contribution >= 0.6 is 0 Å². The van der Waals surface area contributed by atoms with Gasteiger partial charge in [-0.05, 0) is 18.6 Å². The van der Waals surface area contributed by atoms with Crippen LogP contribution in [-0.2, 0) is 0 Å². The zero-order valence-electron chi connectivity index (χ0n) is 10.0. The molecule has 0 bridgehead atoms. The summed E-state index contributed by atoms with van der Waals surface area (Å²) in [6, 6.07) is 12.0. The number of hydrogen-bond donors (Lipinski definition) is 0. The van der Waals surface area contributed by atoms with Gasteiger partial charge in [-0.1, -0.05) is 30.4 Å². The molecule has 0 saturated heterocycles. The van der Waals surface area contributed by atoms with Crippen molar-refractivity contribution in [1.29, 1.82) is 5.26 Å². The van der Waals surface area contributed by atoms with Gasteiger partial charge in [-0.25, -0.2) is 4.98 Å². The maximum atomic E-state index is 9.25. The molecule has 0 radical (unpaired) electrons. The molecule has 1 aliphatic rings. The number of nitriles is 1. The van der Waals surface area contributed by atoms with E-state index in [9.17, 15) is 5.26 Å². The Morgan fingerprint density at radius 2 is 2.11 bits per heavy atom. The predicted octanol–water partition coefficient (Wildman–Crippen LogP) is 2.87. The van der Waals surface area contributed by atoms with Gasteiger partial charge in [0.05, 0.1) is 17.1 Å². The van der Waals surface area contributed by atoms with Gasteiger partial charge in [-0.3, -0.25) is 0 Å². The molecule has 1 aromatic carbocycles. The highest BCUT2D eigenvalue weighted by Gasteiger charge is 2.12. The standard InChI is InChI=1S/C15H13N3/c16-11-12-10-15(18-8-4-1-5-9-18)17-14-7-3-2-6-13(12)14/h1-4,6-7,10H,5,8-9H2. The summed E-state index contributed by atoms with van der Waals surface area (Å²) in [6.07, 6.45) is 5.37. The first kappa shape index (κ1) is 10.8. The summed E-state index contributed by atoms with van der Waals surface area (Å²) in [5, 5.41) is 10.2. The van der Waals surface area contributed by atoms with Crippen molar-refractivity contribution in [3.8, 4) is 6.07 Å². The third-order valence-corrected chi connectivity index (χ3v) is 3.21. The van der Waals surface area contributed by atoms with Gasteiger partial charge < -0.3 is 4.90 Å². The number of para-hydroxylation sites is 1. The Labute approximate surface area is 106 Å². The highest BCUT2D eigenvalue weighted by molar-refractivity contribution is 5.86. The Morgan fingerprint density at radius 3 is 2.89 bits per heavy atom. The van der Waals surface area contributed by atoms with Gasteiger partial charge in [0.2, 0.25) is 0 Å². The van der Waals surface area contributed by atoms with Crippen molar-refractivity contribution < 1.29 is 0 Å². The number of aromatic nitrogens is 1. The third kappa shape index (κ3) is 1.82. The van der Waals surface area contributed by atoms with Crippen molar-refractivity contribution >= 4 is 16.7 Å². The number of anilines is 1. The Bertz CT molecular complexity index is 652. The maximum absolute atomic E-state index is 9.25. The minimum atomic E-state index is 0.699. The Balaban J connectivity index is 2.14. The van der Waals surface area contributed by atoms with Crippen LogP contribution in [0.4, 0.5) is 5.82 Å². The van der Waals surface area contributed by atoms with Gasteiger partial charge in [0.1, 0.15) is 5.82 Å². The highest BCUT2D eigenvalue weighted by atomic mass is 15.2. The van der Waals surface area contributed by atoms with E-state index in [0.29, 0.717) is 5.56 Å². The zero-order valence-corrected chi connectivity index (χ0v) is 10.0. The second-order valence-electron chi connectivity index (χ2n) is 4.36. The van der Waals surface area contributed by atoms with Crippen LogP contribution < -0.4 is 4.90 Å². The van der Waals surface area contributed by atoms with Crippen molar-refractivity contribution in [2.45, 2.75) is 6.42 Å². The largest absolute Gasteiger partial charge is 0.353 e. The summed E-state index contributed by atoms with van der Waals surface area (Å²) in [5.74, 6) is 0.898. The van der Waals surface area contributed by atoms with Crippen molar-refractivity contribution in [1.82, 2.24) is 4.98 Å². The van der Waals surface area contributed by atoms with Crippen LogP contribution in [0.2, 0.25) is 0 Å². The first-order valence-electron chi connectivity index (χ1n) is 6.08. The van der Waals surface area contributed by atoms with E-state index >= 15 is 0 Å². The monoisotopic (exact) mass is 235 g/mol. The average molecular weight is 235 g/mol. The molecule has 0 saturated carbocycles. The molecule has 88 valence electrons. The fraction of sp³-hybridized carbons (Fsp3) is 0.200. The normalized spacial score (nSPS) is 14.7. The van der Waals surface area contributed by atoms with Gasteiger partial charge in [-0.2, -0.15) is 5.26 Å². The lowest BCUT2D eigenvalue weighted by Gasteiger charge is -2.24. The number of pyridine rings is 1. The number of fused-ring (bicyclic) bond motifs is 1. The van der Waals surface area contributed by atoms with E-state index in [4.69, 9.17) is 0 Å². The van der Waals surface area contributed by atoms with Crippen molar-refractivity contribution in [3.63, 3.8) is 0 Å². The number of benzene rings is 1. The summed E-state index contributed by atoms with van der Waals surface area (Å²) in [7, 11) is 0. The second kappa shape index (κ2) is 4.50. The second-order valence-corrected chi connectivity index (χ2v) is 4.36. The molecule has 2 aromatic rings. The van der Waals surface area contributed by atoms with Crippen molar-refractivity contribution in [3.05, 3.63) is 48.0 Å². The van der Waals surface area contributed by atoms with Crippen LogP contribution in [0.5, 0.6) is 0 Å². The van der Waals surface area contributed by atoms with Crippen molar-refractivity contribution in [2.24, 2.45) is 0 Å². The maximum Gasteiger partial charge on any atom is 0.130 e. The summed E-state index contributed by atoms with van der Waals surface area (Å²) < 4.78 is 0. The summed E-state index contributed by atoms with van der Waals surface area (Å²) in [4.78, 5) is 6.85. The van der Waals surface area contributed by atoms with Crippen molar-refractivity contribution in [2.75, 3.05) is 18.0 Å². The fourth-order valence-corrected chi connectivity index (χ4v) is 2.27. The summed E-state index contributed by atoms with van der Waals surface area (Å²) in [5.41, 5.74) is 1.59. The predicted molar refractivity (Wildman–Crippen MR) is 72.4 cm³/mol. The molecular formula is C15H13N3. The highest BCUT2D eigenvalue weighted by Crippen LogP contribution is 2.23. The molecular weight excluding hydrogens is 222 g/mol. The van der Waals surface area contributed by atoms with Crippen LogP contribution in [-0.4, -0.2) is 18.1 Å². The van der Waals surface area contributed by atoms with Crippen LogP contribution in [0, 0.1) is 11.3 Å². The molecule has 0 N–H and O–H groups in total. The fourth-order valence-electron chi connectivity index (χ4n) is 2.27. The first-order valence-corrected chi connectivity index (χ1v) is 6.08. The van der Waals surface area contributed by atoms with Gasteiger partial charge in [0, 0.05) is 18.5 Å². The molecule has 0 spiro atoms. The SMILES string of the molecule is N#Cc1cc(N2CC=CCC2)nc2ccccc12. The molecule has 0 atom stereocenters. The van der Waals surface area contributed by atoms with Crippen LogP contribution in [0.3, 0.4) is 0 Å². The number of nitrogens with zero attached hydrogens (tertiary/aromatic N) is 3. The lowest BCUT2D eigenvalue weighted by Crippen LogP contribution is -2.27. The van der Waals surface area contributed by atoms with Crippen LogP contribution in [0.25, 0.3) is 10.9 Å². The van der Waals surface area contributed by atoms with E-state index < -0.39 is 0 Å².